The molecular formula is C22H28N4O5. The highest BCUT2D eigenvalue weighted by Gasteiger charge is 2.47. The lowest BCUT2D eigenvalue weighted by molar-refractivity contribution is -0.0619. The summed E-state index contributed by atoms with van der Waals surface area (Å²) < 4.78 is 11.0. The van der Waals surface area contributed by atoms with E-state index in [1.807, 2.05) is 38.1 Å². The van der Waals surface area contributed by atoms with Crippen LogP contribution in [-0.2, 0) is 11.2 Å². The largest absolute Gasteiger partial charge is 0.477 e. The minimum absolute atomic E-state index is 0.181. The lowest BCUT2D eigenvalue weighted by Gasteiger charge is -2.31. The van der Waals surface area contributed by atoms with E-state index in [4.69, 9.17) is 9.47 Å². The molecule has 0 bridgehead atoms. The first kappa shape index (κ1) is 22.5. The number of hydrogen-bond donors (Lipinski definition) is 2. The molecule has 1 aromatic carbocycles. The molecule has 0 saturated carbocycles. The van der Waals surface area contributed by atoms with Gasteiger partial charge >= 0.3 is 6.09 Å². The summed E-state index contributed by atoms with van der Waals surface area (Å²) >= 11 is 0. The predicted octanol–water partition coefficient (Wildman–Crippen LogP) is 3.56. The van der Waals surface area contributed by atoms with Crippen molar-refractivity contribution in [3.05, 3.63) is 47.9 Å². The van der Waals surface area contributed by atoms with Gasteiger partial charge in [-0.1, -0.05) is 12.1 Å². The van der Waals surface area contributed by atoms with Gasteiger partial charge in [-0.25, -0.2) is 14.8 Å². The van der Waals surface area contributed by atoms with Gasteiger partial charge in [0.1, 0.15) is 11.4 Å². The van der Waals surface area contributed by atoms with Crippen LogP contribution in [0, 0.1) is 0 Å². The third-order valence-electron chi connectivity index (χ3n) is 5.23. The Balaban J connectivity index is 1.57. The molecule has 9 nitrogen and oxygen atoms in total. The van der Waals surface area contributed by atoms with Gasteiger partial charge in [0.05, 0.1) is 31.1 Å². The number of carboxylic acid groups (broad SMARTS) is 1. The third kappa shape index (κ3) is 5.29. The molecule has 1 aliphatic heterocycles. The number of amides is 2. The zero-order valence-corrected chi connectivity index (χ0v) is 18.2. The van der Waals surface area contributed by atoms with Gasteiger partial charge in [-0.3, -0.25) is 9.69 Å². The molecule has 0 aliphatic carbocycles. The topological polar surface area (TPSA) is 114 Å². The summed E-state index contributed by atoms with van der Waals surface area (Å²) in [5, 5.41) is 12.4. The van der Waals surface area contributed by atoms with E-state index in [0.717, 1.165) is 5.56 Å². The highest BCUT2D eigenvalue weighted by atomic mass is 16.6. The normalized spacial score (nSPS) is 19.8. The van der Waals surface area contributed by atoms with Crippen molar-refractivity contribution in [3.8, 4) is 5.88 Å². The molecule has 1 saturated heterocycles. The molecule has 0 unspecified atom stereocenters. The van der Waals surface area contributed by atoms with Crippen molar-refractivity contribution in [3.63, 3.8) is 0 Å². The van der Waals surface area contributed by atoms with Gasteiger partial charge in [-0.15, -0.1) is 0 Å². The van der Waals surface area contributed by atoms with Crippen LogP contribution in [0.15, 0.2) is 36.7 Å². The van der Waals surface area contributed by atoms with Crippen molar-refractivity contribution in [1.29, 1.82) is 0 Å². The third-order valence-corrected chi connectivity index (χ3v) is 5.23. The SMILES string of the molecule is CCOc1cnc(C(=O)Nc2ccc(CC[C@H]3[C@H](C)OC(C)(C)N3C(=O)O)cc2)cn1. The number of aryl methyl sites for hydroxylation is 1. The maximum absolute atomic E-state index is 12.3. The number of rotatable bonds is 7. The maximum Gasteiger partial charge on any atom is 0.409 e. The Kier molecular flexibility index (Phi) is 6.74. The highest BCUT2D eigenvalue weighted by Crippen LogP contribution is 2.34. The second kappa shape index (κ2) is 9.30. The number of hydrogen-bond acceptors (Lipinski definition) is 6. The van der Waals surface area contributed by atoms with Crippen LogP contribution in [0.3, 0.4) is 0 Å². The summed E-state index contributed by atoms with van der Waals surface area (Å²) in [4.78, 5) is 33.5. The minimum Gasteiger partial charge on any atom is -0.477 e. The smallest absolute Gasteiger partial charge is 0.409 e. The standard InChI is InChI=1S/C22H28N4O5/c1-5-30-19-13-23-17(12-24-19)20(27)25-16-9-6-15(7-10-16)8-11-18-14(2)31-22(3,4)26(18)21(28)29/h6-7,9-10,12-14,18H,5,8,11H2,1-4H3,(H,25,27)(H,28,29)/t14-,18-/m0/s1. The van der Waals surface area contributed by atoms with E-state index in [-0.39, 0.29) is 23.7 Å². The number of carbonyl (C=O) groups excluding carboxylic acids is 1. The maximum atomic E-state index is 12.3. The van der Waals surface area contributed by atoms with Crippen LogP contribution in [-0.4, -0.2) is 56.5 Å². The van der Waals surface area contributed by atoms with Gasteiger partial charge in [-0.2, -0.15) is 0 Å². The Labute approximate surface area is 181 Å². The van der Waals surface area contributed by atoms with Gasteiger partial charge in [0.25, 0.3) is 5.91 Å². The summed E-state index contributed by atoms with van der Waals surface area (Å²) in [6, 6.07) is 7.22. The van der Waals surface area contributed by atoms with Gasteiger partial charge in [0, 0.05) is 5.69 Å². The molecule has 166 valence electrons. The molecular weight excluding hydrogens is 400 g/mol. The molecule has 1 aromatic heterocycles. The minimum atomic E-state index is -0.977. The Hall–Kier alpha value is -3.20. The molecule has 3 rings (SSSR count). The zero-order chi connectivity index (χ0) is 22.6. The fourth-order valence-electron chi connectivity index (χ4n) is 3.86. The first-order valence-electron chi connectivity index (χ1n) is 10.3. The number of carbonyl (C=O) groups is 2. The van der Waals surface area contributed by atoms with Crippen molar-refractivity contribution < 1.29 is 24.2 Å². The number of aromatic nitrogens is 2. The van der Waals surface area contributed by atoms with Gasteiger partial charge in [0.2, 0.25) is 5.88 Å². The summed E-state index contributed by atoms with van der Waals surface area (Å²) in [5.74, 6) is 0.00907. The molecule has 2 aromatic rings. The molecule has 0 radical (unpaired) electrons. The number of ether oxygens (including phenoxy) is 2. The fourth-order valence-corrected chi connectivity index (χ4v) is 3.86. The number of anilines is 1. The van der Waals surface area contributed by atoms with Crippen LogP contribution >= 0.6 is 0 Å². The Morgan fingerprint density at radius 2 is 1.94 bits per heavy atom. The summed E-state index contributed by atoms with van der Waals surface area (Å²) in [5.41, 5.74) is 1.03. The molecule has 31 heavy (non-hydrogen) atoms. The van der Waals surface area contributed by atoms with Gasteiger partial charge in [-0.05, 0) is 58.2 Å². The molecule has 1 fully saturated rings. The van der Waals surface area contributed by atoms with Crippen molar-refractivity contribution in [2.24, 2.45) is 0 Å². The Bertz CT molecular complexity index is 915. The quantitative estimate of drug-likeness (QED) is 0.693. The predicted molar refractivity (Wildman–Crippen MR) is 114 cm³/mol. The van der Waals surface area contributed by atoms with Crippen LogP contribution in [0.1, 0.15) is 50.2 Å². The number of benzene rings is 1. The Morgan fingerprint density at radius 1 is 1.23 bits per heavy atom. The lowest BCUT2D eigenvalue weighted by Crippen LogP contribution is -2.47. The molecule has 2 amide bonds. The van der Waals surface area contributed by atoms with E-state index >= 15 is 0 Å². The first-order valence-corrected chi connectivity index (χ1v) is 10.3. The second-order valence-electron chi connectivity index (χ2n) is 7.85. The van der Waals surface area contributed by atoms with E-state index in [1.54, 1.807) is 13.8 Å². The van der Waals surface area contributed by atoms with E-state index in [2.05, 4.69) is 15.3 Å². The van der Waals surface area contributed by atoms with Crippen LogP contribution in [0.2, 0.25) is 0 Å². The van der Waals surface area contributed by atoms with Crippen LogP contribution in [0.4, 0.5) is 10.5 Å². The van der Waals surface area contributed by atoms with Crippen LogP contribution < -0.4 is 10.1 Å². The monoisotopic (exact) mass is 428 g/mol. The zero-order valence-electron chi connectivity index (χ0n) is 18.2. The van der Waals surface area contributed by atoms with Crippen molar-refractivity contribution in [1.82, 2.24) is 14.9 Å². The lowest BCUT2D eigenvalue weighted by atomic mass is 10.0. The number of nitrogens with zero attached hydrogens (tertiary/aromatic N) is 3. The van der Waals surface area contributed by atoms with Crippen molar-refractivity contribution in [2.45, 2.75) is 58.4 Å². The van der Waals surface area contributed by atoms with Gasteiger partial charge < -0.3 is 19.9 Å². The van der Waals surface area contributed by atoms with E-state index in [9.17, 15) is 14.7 Å². The molecule has 9 heteroatoms. The van der Waals surface area contributed by atoms with Crippen LogP contribution in [0.5, 0.6) is 5.88 Å². The summed E-state index contributed by atoms with van der Waals surface area (Å²) in [6.45, 7) is 7.76. The summed E-state index contributed by atoms with van der Waals surface area (Å²) in [6.07, 6.45) is 2.96. The fraction of sp³-hybridized carbons (Fsp3) is 0.455. The second-order valence-corrected chi connectivity index (χ2v) is 7.85. The summed E-state index contributed by atoms with van der Waals surface area (Å²) in [7, 11) is 0. The first-order chi connectivity index (χ1) is 14.7. The number of nitrogens with one attached hydrogen (secondary N) is 1. The average Bonchev–Trinajstić information content (AvgIpc) is 2.96. The molecule has 1 aliphatic rings. The van der Waals surface area contributed by atoms with Crippen LogP contribution in [0.25, 0.3) is 0 Å². The average molecular weight is 428 g/mol. The molecule has 2 heterocycles. The molecule has 2 N–H and O–H groups in total. The highest BCUT2D eigenvalue weighted by molar-refractivity contribution is 6.02. The molecule has 0 spiro atoms. The van der Waals surface area contributed by atoms with E-state index < -0.39 is 11.8 Å². The van der Waals surface area contributed by atoms with Crippen molar-refractivity contribution >= 4 is 17.7 Å². The molecule has 2 atom stereocenters. The van der Waals surface area contributed by atoms with E-state index in [1.165, 1.54) is 17.3 Å². The van der Waals surface area contributed by atoms with Crippen molar-refractivity contribution in [2.75, 3.05) is 11.9 Å². The van der Waals surface area contributed by atoms with E-state index in [0.29, 0.717) is 31.0 Å². The van der Waals surface area contributed by atoms with Gasteiger partial charge in [0.15, 0.2) is 0 Å². The Morgan fingerprint density at radius 3 is 2.52 bits per heavy atom.